The summed E-state index contributed by atoms with van der Waals surface area (Å²) >= 11 is 0. The predicted octanol–water partition coefficient (Wildman–Crippen LogP) is 6.91. The molecule has 0 saturated heterocycles. The molecule has 4 aromatic rings. The number of hydrogen-bond acceptors (Lipinski definition) is 3. The Morgan fingerprint density at radius 3 is 2.06 bits per heavy atom. The van der Waals surface area contributed by atoms with Gasteiger partial charge in [-0.3, -0.25) is 0 Å². The van der Waals surface area contributed by atoms with Gasteiger partial charge in [0.15, 0.2) is 5.82 Å². The van der Waals surface area contributed by atoms with Gasteiger partial charge in [-0.15, -0.1) is 0 Å². The summed E-state index contributed by atoms with van der Waals surface area (Å²) in [7, 11) is 0. The number of fused-ring (bicyclic) bond motifs is 2. The van der Waals surface area contributed by atoms with Crippen molar-refractivity contribution in [3.05, 3.63) is 54.4 Å². The van der Waals surface area contributed by atoms with Crippen LogP contribution in [0.5, 0.6) is 0 Å². The van der Waals surface area contributed by atoms with Gasteiger partial charge >= 0.3 is 0 Å². The van der Waals surface area contributed by atoms with E-state index in [-0.39, 0.29) is 0 Å². The molecular weight excluding hydrogens is 382 g/mol. The largest absolute Gasteiger partial charge is 0.323 e. The Hall–Kier alpha value is -2.95. The lowest BCUT2D eigenvalue weighted by Crippen LogP contribution is -2.01. The number of nitrogens with zero attached hydrogens (tertiary/aromatic N) is 5. The first-order valence-electron chi connectivity index (χ1n) is 11.8. The molecule has 0 atom stereocenters. The fourth-order valence-electron chi connectivity index (χ4n) is 4.25. The molecule has 0 aliphatic rings. The lowest BCUT2D eigenvalue weighted by atomic mass is 10.1. The minimum absolute atomic E-state index is 0.766. The van der Waals surface area contributed by atoms with Crippen LogP contribution in [-0.4, -0.2) is 25.3 Å². The van der Waals surface area contributed by atoms with Crippen molar-refractivity contribution in [3.8, 4) is 0 Å². The summed E-state index contributed by atoms with van der Waals surface area (Å²) in [4.78, 5) is 14.4. The lowest BCUT2D eigenvalue weighted by Gasteiger charge is -2.07. The third-order valence-corrected chi connectivity index (χ3v) is 5.92. The van der Waals surface area contributed by atoms with E-state index in [1.54, 1.807) is 0 Å². The van der Waals surface area contributed by atoms with Gasteiger partial charge in [-0.25, -0.2) is 15.0 Å². The molecule has 4 rings (SSSR count). The highest BCUT2D eigenvalue weighted by Crippen LogP contribution is 2.23. The van der Waals surface area contributed by atoms with E-state index < -0.39 is 0 Å². The van der Waals surface area contributed by atoms with Crippen LogP contribution in [0.4, 0.5) is 5.95 Å². The van der Waals surface area contributed by atoms with Crippen LogP contribution in [0.1, 0.15) is 64.6 Å². The Kier molecular flexibility index (Phi) is 7.13. The van der Waals surface area contributed by atoms with Gasteiger partial charge in [0.2, 0.25) is 5.95 Å². The highest BCUT2D eigenvalue weighted by atomic mass is 15.2. The zero-order chi connectivity index (χ0) is 21.5. The van der Waals surface area contributed by atoms with E-state index >= 15 is 0 Å². The molecule has 0 bridgehead atoms. The summed E-state index contributed by atoms with van der Waals surface area (Å²) < 4.78 is 4.46. The van der Waals surface area contributed by atoms with E-state index in [1.165, 1.54) is 38.5 Å². The van der Waals surface area contributed by atoms with Gasteiger partial charge in [0.05, 0.1) is 28.3 Å². The first-order valence-corrected chi connectivity index (χ1v) is 11.8. The zero-order valence-corrected chi connectivity index (χ0v) is 18.8. The molecule has 0 amide bonds. The van der Waals surface area contributed by atoms with E-state index in [4.69, 9.17) is 15.0 Å². The number of benzene rings is 2. The molecule has 5 heteroatoms. The maximum absolute atomic E-state index is 4.80. The molecule has 5 nitrogen and oxygen atoms in total. The number of aryl methyl sites for hydroxylation is 2. The number of rotatable bonds is 11. The van der Waals surface area contributed by atoms with E-state index in [0.29, 0.717) is 0 Å². The summed E-state index contributed by atoms with van der Waals surface area (Å²) in [5.74, 6) is 1.64. The number of unbranched alkanes of at least 4 members (excludes halogenated alkanes) is 6. The van der Waals surface area contributed by atoms with Gasteiger partial charge < -0.3 is 9.13 Å². The highest BCUT2D eigenvalue weighted by molar-refractivity contribution is 5.86. The average molecular weight is 416 g/mol. The van der Waals surface area contributed by atoms with Crippen molar-refractivity contribution >= 4 is 34.2 Å². The molecule has 0 unspecified atom stereocenters. The van der Waals surface area contributed by atoms with Crippen LogP contribution < -0.4 is 0 Å². The quantitative estimate of drug-likeness (QED) is 0.197. The number of para-hydroxylation sites is 4. The standard InChI is InChI=1S/C26H33N5/c1-3-5-6-7-8-9-14-19-31-24-18-13-11-16-22(24)29-26(31)27-20-25-28-21-15-10-12-17-23(21)30(25)4-2/h10-13,15-18,20H,3-9,14,19H2,1-2H3. The summed E-state index contributed by atoms with van der Waals surface area (Å²) in [6, 6.07) is 16.6. The molecule has 2 heterocycles. The average Bonchev–Trinajstić information content (AvgIpc) is 3.34. The fraction of sp³-hybridized carbons (Fsp3) is 0.423. The maximum Gasteiger partial charge on any atom is 0.230 e. The van der Waals surface area contributed by atoms with E-state index in [0.717, 1.165) is 53.3 Å². The molecule has 162 valence electrons. The predicted molar refractivity (Wildman–Crippen MR) is 130 cm³/mol. The van der Waals surface area contributed by atoms with Crippen molar-refractivity contribution in [1.82, 2.24) is 19.1 Å². The Bertz CT molecular complexity index is 1150. The van der Waals surface area contributed by atoms with E-state index in [2.05, 4.69) is 59.4 Å². The van der Waals surface area contributed by atoms with E-state index in [9.17, 15) is 0 Å². The molecule has 0 N–H and O–H groups in total. The van der Waals surface area contributed by atoms with Crippen molar-refractivity contribution in [3.63, 3.8) is 0 Å². The molecule has 0 spiro atoms. The number of imidazole rings is 2. The summed E-state index contributed by atoms with van der Waals surface area (Å²) in [6.45, 7) is 6.21. The monoisotopic (exact) mass is 415 g/mol. The molecule has 0 fully saturated rings. The second kappa shape index (κ2) is 10.4. The molecule has 31 heavy (non-hydrogen) atoms. The third-order valence-electron chi connectivity index (χ3n) is 5.92. The molecule has 0 radical (unpaired) electrons. The van der Waals surface area contributed by atoms with Crippen molar-refractivity contribution in [2.45, 2.75) is 71.9 Å². The van der Waals surface area contributed by atoms with Gasteiger partial charge in [0.25, 0.3) is 0 Å². The van der Waals surface area contributed by atoms with Gasteiger partial charge in [-0.1, -0.05) is 69.7 Å². The normalized spacial score (nSPS) is 11.9. The SMILES string of the molecule is CCCCCCCCCn1c(N=Cc2nc3ccccc3n2CC)nc2ccccc21. The molecular formula is C26H33N5. The third kappa shape index (κ3) is 4.87. The summed E-state index contributed by atoms with van der Waals surface area (Å²) in [5.41, 5.74) is 4.30. The van der Waals surface area contributed by atoms with Crippen molar-refractivity contribution in [2.24, 2.45) is 4.99 Å². The maximum atomic E-state index is 4.80. The van der Waals surface area contributed by atoms with Gasteiger partial charge in [0.1, 0.15) is 0 Å². The van der Waals surface area contributed by atoms with Crippen molar-refractivity contribution in [1.29, 1.82) is 0 Å². The van der Waals surface area contributed by atoms with Crippen LogP contribution in [-0.2, 0) is 13.1 Å². The molecule has 0 saturated carbocycles. The summed E-state index contributed by atoms with van der Waals surface area (Å²) in [5, 5.41) is 0. The van der Waals surface area contributed by atoms with Gasteiger partial charge in [-0.2, -0.15) is 0 Å². The Morgan fingerprint density at radius 2 is 1.35 bits per heavy atom. The second-order valence-corrected chi connectivity index (χ2v) is 8.13. The van der Waals surface area contributed by atoms with Crippen LogP contribution in [0.3, 0.4) is 0 Å². The highest BCUT2D eigenvalue weighted by Gasteiger charge is 2.11. The summed E-state index contributed by atoms with van der Waals surface area (Å²) in [6.07, 6.45) is 10.9. The number of aromatic nitrogens is 4. The topological polar surface area (TPSA) is 48.0 Å². The van der Waals surface area contributed by atoms with Crippen LogP contribution in [0.2, 0.25) is 0 Å². The van der Waals surface area contributed by atoms with Crippen LogP contribution >= 0.6 is 0 Å². The fourth-order valence-corrected chi connectivity index (χ4v) is 4.25. The van der Waals surface area contributed by atoms with Crippen LogP contribution in [0.25, 0.3) is 22.1 Å². The molecule has 0 aliphatic carbocycles. The van der Waals surface area contributed by atoms with Crippen LogP contribution in [0.15, 0.2) is 53.5 Å². The molecule has 2 aromatic heterocycles. The lowest BCUT2D eigenvalue weighted by molar-refractivity contribution is 0.556. The minimum Gasteiger partial charge on any atom is -0.323 e. The van der Waals surface area contributed by atoms with E-state index in [1.807, 2.05) is 18.3 Å². The molecule has 0 aliphatic heterocycles. The smallest absolute Gasteiger partial charge is 0.230 e. The number of hydrogen-bond donors (Lipinski definition) is 0. The Labute approximate surface area is 184 Å². The minimum atomic E-state index is 0.766. The van der Waals surface area contributed by atoms with Crippen LogP contribution in [0, 0.1) is 0 Å². The Morgan fingerprint density at radius 1 is 0.742 bits per heavy atom. The first-order chi connectivity index (χ1) is 15.3. The van der Waals surface area contributed by atoms with Gasteiger partial charge in [0, 0.05) is 13.1 Å². The van der Waals surface area contributed by atoms with Crippen molar-refractivity contribution < 1.29 is 0 Å². The second-order valence-electron chi connectivity index (χ2n) is 8.13. The zero-order valence-electron chi connectivity index (χ0n) is 18.8. The number of aliphatic imine (C=N–C) groups is 1. The Balaban J connectivity index is 1.54. The first kappa shape index (κ1) is 21.3. The van der Waals surface area contributed by atoms with Gasteiger partial charge in [-0.05, 0) is 37.6 Å². The molecule has 2 aromatic carbocycles. The van der Waals surface area contributed by atoms with Crippen molar-refractivity contribution in [2.75, 3.05) is 0 Å².